The Kier molecular flexibility index (Phi) is 2.75. The monoisotopic (exact) mass is 495 g/mol. The number of hydrogen-bond donors (Lipinski definition) is 1. The topological polar surface area (TPSA) is 15.3 Å². The van der Waals surface area contributed by atoms with Crippen LogP contribution >= 0.6 is 12.7 Å². The summed E-state index contributed by atoms with van der Waals surface area (Å²) in [6, 6.07) is 26.1. The van der Waals surface area contributed by atoms with Crippen LogP contribution in [0.2, 0.25) is 5.82 Å². The van der Waals surface area contributed by atoms with Crippen LogP contribution in [0.4, 0.5) is 11.4 Å². The van der Waals surface area contributed by atoms with Crippen LogP contribution in [0.15, 0.2) is 91.0 Å². The molecule has 37 heavy (non-hydrogen) atoms. The Morgan fingerprint density at radius 2 is 1.65 bits per heavy atom. The molecule has 1 spiro atoms. The van der Waals surface area contributed by atoms with Crippen LogP contribution in [0.25, 0.3) is 11.1 Å². The predicted octanol–water partition coefficient (Wildman–Crippen LogP) is 1.65. The van der Waals surface area contributed by atoms with E-state index in [1.54, 1.807) is 16.5 Å². The fraction of sp³-hybridized carbons (Fsp3) is 0.0833. The van der Waals surface area contributed by atoms with E-state index in [2.05, 4.69) is 117 Å². The van der Waals surface area contributed by atoms with E-state index in [9.17, 15) is 0 Å². The van der Waals surface area contributed by atoms with Gasteiger partial charge in [-0.1, -0.05) is 0 Å². The number of benzene rings is 3. The summed E-state index contributed by atoms with van der Waals surface area (Å²) in [6.07, 6.45) is 10.5. The van der Waals surface area contributed by atoms with Crippen molar-refractivity contribution in [1.29, 1.82) is 0 Å². The third-order valence-electron chi connectivity index (χ3n) is 12.4. The number of nitrogens with zero attached hydrogens (tertiary/aromatic N) is 1. The van der Waals surface area contributed by atoms with Gasteiger partial charge in [-0.05, 0) is 0 Å². The van der Waals surface area contributed by atoms with E-state index in [0.717, 1.165) is 31.1 Å². The van der Waals surface area contributed by atoms with Gasteiger partial charge < -0.3 is 0 Å². The van der Waals surface area contributed by atoms with Gasteiger partial charge in [0, 0.05) is 0 Å². The molecule has 2 nitrogen and oxygen atoms in total. The minimum atomic E-state index is -2.07. The van der Waals surface area contributed by atoms with Crippen molar-refractivity contribution in [3.63, 3.8) is 0 Å². The normalized spacial score (nSPS) is 33.0. The molecule has 9 aliphatic heterocycles. The zero-order chi connectivity index (χ0) is 23.6. The average molecular weight is 494 g/mol. The van der Waals surface area contributed by atoms with Gasteiger partial charge >= 0.3 is 223 Å². The molecule has 7 fully saturated rings. The van der Waals surface area contributed by atoms with Gasteiger partial charge in [0.05, 0.1) is 0 Å². The van der Waals surface area contributed by atoms with Crippen LogP contribution < -0.4 is 26.0 Å². The van der Waals surface area contributed by atoms with Crippen LogP contribution in [-0.4, -0.2) is 64.7 Å². The van der Waals surface area contributed by atoms with Crippen LogP contribution in [0.3, 0.4) is 0 Å². The van der Waals surface area contributed by atoms with Crippen molar-refractivity contribution >= 4 is 98.9 Å². The molecule has 0 amide bonds. The zero-order valence-electron chi connectivity index (χ0n) is 20.4. The van der Waals surface area contributed by atoms with Gasteiger partial charge in [0.25, 0.3) is 0 Å². The Bertz CT molecular complexity index is 1740. The van der Waals surface area contributed by atoms with Crippen molar-refractivity contribution in [2.45, 2.75) is 11.9 Å². The van der Waals surface area contributed by atoms with E-state index in [0.29, 0.717) is 18.6 Å². The van der Waals surface area contributed by atoms with Crippen LogP contribution in [-0.2, 0) is 0 Å². The van der Waals surface area contributed by atoms with Gasteiger partial charge in [-0.3, -0.25) is 0 Å². The summed E-state index contributed by atoms with van der Waals surface area (Å²) in [5.74, 6) is 0.449. The molecule has 2 bridgehead atoms. The summed E-state index contributed by atoms with van der Waals surface area (Å²) in [4.78, 5) is 7.52. The minimum absolute atomic E-state index is 0.344. The fourth-order valence-electron chi connectivity index (χ4n) is 10.3. The van der Waals surface area contributed by atoms with Crippen molar-refractivity contribution in [2.24, 2.45) is 0 Å². The van der Waals surface area contributed by atoms with Gasteiger partial charge in [-0.15, -0.1) is 0 Å². The summed E-state index contributed by atoms with van der Waals surface area (Å²) in [5, 5.41) is 1.76. The molecular weight excluding hydrogens is 476 g/mol. The molecule has 10 aliphatic rings. The average Bonchev–Trinajstić information content (AvgIpc) is 3.88. The van der Waals surface area contributed by atoms with Gasteiger partial charge in [0.1, 0.15) is 0 Å². The standard InChI is InChI=1S/C24H18B9N2P2/c1-2-8-16(9-3-1)35-21-13-7-6-12-20(21)28-19-11-5-4-10-17(19)18-14-15-22(24(35)23(18)28)36(29-25-30(36)33(29)36)34-37-26-31(37)32(37)27-37/h1-15,20-21,34H/q-2/t20-,21?/m0/s1. The molecular formula is C24H18B9N2P2-2. The van der Waals surface area contributed by atoms with Crippen molar-refractivity contribution < 1.29 is 0 Å². The summed E-state index contributed by atoms with van der Waals surface area (Å²) >= 11 is 0. The number of para-hydroxylation sites is 1. The Hall–Kier alpha value is -1.66. The van der Waals surface area contributed by atoms with E-state index < -0.39 is 12.7 Å². The molecule has 13 rings (SSSR count). The van der Waals surface area contributed by atoms with Gasteiger partial charge in [0.2, 0.25) is 0 Å². The number of fused-ring (bicyclic) bond motifs is 6. The molecule has 3 aromatic carbocycles. The SMILES string of the molecule is [B]1B2B3[B-]P123NP12(c3ccc4c5c3N(c3ccccc3)C3C=CC=C[C@@H]3B5c3ccccc3-4)B3[B-]B1B32. The molecule has 1 N–H and O–H groups in total. The summed E-state index contributed by atoms with van der Waals surface area (Å²) in [6.45, 7) is 5.98. The summed E-state index contributed by atoms with van der Waals surface area (Å²) in [5.41, 5.74) is 9.06. The maximum atomic E-state index is 4.74. The first-order valence-electron chi connectivity index (χ1n) is 14.1. The van der Waals surface area contributed by atoms with E-state index >= 15 is 0 Å². The van der Waals surface area contributed by atoms with Crippen molar-refractivity contribution in [3.05, 3.63) is 91.0 Å². The van der Waals surface area contributed by atoms with Gasteiger partial charge in [-0.2, -0.15) is 0 Å². The van der Waals surface area contributed by atoms with E-state index in [-0.39, 0.29) is 0 Å². The molecule has 9 heterocycles. The number of hydrogen-bond acceptors (Lipinski definition) is 2. The quantitative estimate of drug-likeness (QED) is 0.439. The molecule has 0 aromatic heterocycles. The van der Waals surface area contributed by atoms with Crippen LogP contribution in [0.5, 0.6) is 0 Å². The molecule has 0 saturated carbocycles. The number of allylic oxidation sites excluding steroid dienone is 2. The van der Waals surface area contributed by atoms with E-state index in [1.807, 2.05) is 0 Å². The fourth-order valence-corrected chi connectivity index (χ4v) is 29.7. The molecule has 13 heteroatoms. The van der Waals surface area contributed by atoms with Crippen LogP contribution in [0.1, 0.15) is 0 Å². The molecule has 2 atom stereocenters. The van der Waals surface area contributed by atoms with Gasteiger partial charge in [0.15, 0.2) is 0 Å². The summed E-state index contributed by atoms with van der Waals surface area (Å²) in [7, 11) is 2.72. The van der Waals surface area contributed by atoms with Crippen LogP contribution in [0, 0.1) is 0 Å². The number of rotatable bonds is 4. The van der Waals surface area contributed by atoms with Crippen molar-refractivity contribution in [1.82, 2.24) is 4.86 Å². The third kappa shape index (κ3) is 1.65. The van der Waals surface area contributed by atoms with Crippen molar-refractivity contribution in [2.75, 3.05) is 4.90 Å². The first kappa shape index (κ1) is 19.4. The second kappa shape index (κ2) is 5.24. The second-order valence-corrected chi connectivity index (χ2v) is 23.6. The number of nitrogens with one attached hydrogen (secondary N) is 1. The number of anilines is 2. The van der Waals surface area contributed by atoms with E-state index in [1.165, 1.54) is 22.3 Å². The van der Waals surface area contributed by atoms with Gasteiger partial charge in [-0.25, -0.2) is 0 Å². The Morgan fingerprint density at radius 1 is 0.865 bits per heavy atom. The summed E-state index contributed by atoms with van der Waals surface area (Å²) < 4.78 is 0. The molecule has 1 aliphatic carbocycles. The molecule has 5 radical (unpaired) electrons. The molecule has 163 valence electrons. The zero-order valence-corrected chi connectivity index (χ0v) is 22.1. The molecule has 1 unspecified atom stereocenters. The maximum absolute atomic E-state index is 4.74. The molecule has 3 aromatic rings. The molecule has 7 saturated heterocycles. The van der Waals surface area contributed by atoms with Crippen molar-refractivity contribution in [3.8, 4) is 11.1 Å². The first-order chi connectivity index (χ1) is 18.2. The predicted molar refractivity (Wildman–Crippen MR) is 174 cm³/mol. The third-order valence-corrected chi connectivity index (χ3v) is 26.8. The Balaban J connectivity index is 1.19. The first-order valence-corrected chi connectivity index (χ1v) is 19.0. The Labute approximate surface area is 222 Å². The Morgan fingerprint density at radius 3 is 2.38 bits per heavy atom. The van der Waals surface area contributed by atoms with E-state index in [4.69, 9.17) is 4.86 Å². The second-order valence-electron chi connectivity index (χ2n) is 13.3.